The van der Waals surface area contributed by atoms with E-state index in [0.29, 0.717) is 28.6 Å². The minimum atomic E-state index is -0.271. The SMILES string of the molecule is CCn1nc(C)c(Cl)c1C(=O)Nc1ccc(-n2ccnc2)cc1. The molecule has 1 amide bonds. The van der Waals surface area contributed by atoms with Crippen LogP contribution >= 0.6 is 11.6 Å². The van der Waals surface area contributed by atoms with Gasteiger partial charge >= 0.3 is 0 Å². The third-order valence-electron chi connectivity index (χ3n) is 3.50. The maximum absolute atomic E-state index is 12.5. The lowest BCUT2D eigenvalue weighted by atomic mass is 10.2. The van der Waals surface area contributed by atoms with Crippen LogP contribution in [-0.4, -0.2) is 25.2 Å². The lowest BCUT2D eigenvalue weighted by Gasteiger charge is -2.08. The Morgan fingerprint density at radius 1 is 1.30 bits per heavy atom. The van der Waals surface area contributed by atoms with Gasteiger partial charge < -0.3 is 9.88 Å². The Balaban J connectivity index is 1.81. The molecule has 0 fully saturated rings. The zero-order valence-corrected chi connectivity index (χ0v) is 13.6. The average Bonchev–Trinajstić information content (AvgIpc) is 3.17. The molecule has 0 saturated heterocycles. The van der Waals surface area contributed by atoms with Crippen LogP contribution < -0.4 is 5.32 Å². The van der Waals surface area contributed by atoms with Crippen molar-refractivity contribution in [2.75, 3.05) is 5.32 Å². The van der Waals surface area contributed by atoms with Crippen molar-refractivity contribution in [3.8, 4) is 5.69 Å². The Labute approximate surface area is 138 Å². The van der Waals surface area contributed by atoms with Gasteiger partial charge in [-0.05, 0) is 38.1 Å². The first-order chi connectivity index (χ1) is 11.1. The van der Waals surface area contributed by atoms with Crippen molar-refractivity contribution in [2.45, 2.75) is 20.4 Å². The number of nitrogens with one attached hydrogen (secondary N) is 1. The van der Waals surface area contributed by atoms with Crippen LogP contribution in [0.25, 0.3) is 5.69 Å². The van der Waals surface area contributed by atoms with E-state index in [1.165, 1.54) is 0 Å². The molecule has 1 N–H and O–H groups in total. The second kappa shape index (κ2) is 6.26. The molecule has 0 aliphatic carbocycles. The molecule has 0 bridgehead atoms. The first kappa shape index (κ1) is 15.3. The van der Waals surface area contributed by atoms with E-state index in [9.17, 15) is 4.79 Å². The van der Waals surface area contributed by atoms with Crippen LogP contribution in [0.5, 0.6) is 0 Å². The second-order valence-corrected chi connectivity index (χ2v) is 5.41. The number of aryl methyl sites for hydroxylation is 2. The number of carbonyl (C=O) groups excluding carboxylic acids is 1. The molecule has 0 saturated carbocycles. The molecule has 0 radical (unpaired) electrons. The number of halogens is 1. The molecule has 7 heteroatoms. The normalized spacial score (nSPS) is 10.7. The summed E-state index contributed by atoms with van der Waals surface area (Å²) in [6, 6.07) is 7.48. The Morgan fingerprint density at radius 2 is 2.04 bits per heavy atom. The Morgan fingerprint density at radius 3 is 2.65 bits per heavy atom. The molecular formula is C16H16ClN5O. The highest BCUT2D eigenvalue weighted by Crippen LogP contribution is 2.22. The Hall–Kier alpha value is -2.60. The summed E-state index contributed by atoms with van der Waals surface area (Å²) in [6.07, 6.45) is 5.29. The van der Waals surface area contributed by atoms with Gasteiger partial charge in [-0.2, -0.15) is 5.10 Å². The summed E-state index contributed by atoms with van der Waals surface area (Å²) in [5.74, 6) is -0.271. The number of benzene rings is 1. The summed E-state index contributed by atoms with van der Waals surface area (Å²) in [4.78, 5) is 16.5. The van der Waals surface area contributed by atoms with Gasteiger partial charge in [0, 0.05) is 30.3 Å². The van der Waals surface area contributed by atoms with Gasteiger partial charge in [0.2, 0.25) is 0 Å². The van der Waals surface area contributed by atoms with Gasteiger partial charge in [-0.15, -0.1) is 0 Å². The van der Waals surface area contributed by atoms with Crippen molar-refractivity contribution >= 4 is 23.2 Å². The van der Waals surface area contributed by atoms with E-state index in [2.05, 4.69) is 15.4 Å². The maximum atomic E-state index is 12.5. The monoisotopic (exact) mass is 329 g/mol. The number of hydrogen-bond donors (Lipinski definition) is 1. The highest BCUT2D eigenvalue weighted by molar-refractivity contribution is 6.34. The number of anilines is 1. The van der Waals surface area contributed by atoms with Crippen molar-refractivity contribution in [3.63, 3.8) is 0 Å². The number of hydrogen-bond acceptors (Lipinski definition) is 3. The van der Waals surface area contributed by atoms with Crippen LogP contribution in [-0.2, 0) is 6.54 Å². The molecular weight excluding hydrogens is 314 g/mol. The van der Waals surface area contributed by atoms with E-state index in [4.69, 9.17) is 11.6 Å². The van der Waals surface area contributed by atoms with Crippen LogP contribution in [0.2, 0.25) is 5.02 Å². The third-order valence-corrected chi connectivity index (χ3v) is 3.95. The van der Waals surface area contributed by atoms with Crippen LogP contribution in [0.4, 0.5) is 5.69 Å². The topological polar surface area (TPSA) is 64.7 Å². The number of nitrogens with zero attached hydrogens (tertiary/aromatic N) is 4. The fourth-order valence-corrected chi connectivity index (χ4v) is 2.55. The average molecular weight is 330 g/mol. The van der Waals surface area contributed by atoms with Crippen LogP contribution in [0.3, 0.4) is 0 Å². The molecule has 2 heterocycles. The first-order valence-electron chi connectivity index (χ1n) is 7.22. The fourth-order valence-electron chi connectivity index (χ4n) is 2.32. The fraction of sp³-hybridized carbons (Fsp3) is 0.188. The van der Waals surface area contributed by atoms with Gasteiger partial charge in [0.05, 0.1) is 17.0 Å². The number of aromatic nitrogens is 4. The summed E-state index contributed by atoms with van der Waals surface area (Å²) in [5.41, 5.74) is 2.68. The Bertz CT molecular complexity index is 821. The predicted molar refractivity (Wildman–Crippen MR) is 89.2 cm³/mol. The molecule has 2 aromatic heterocycles. The van der Waals surface area contributed by atoms with Crippen LogP contribution in [0.15, 0.2) is 43.0 Å². The lowest BCUT2D eigenvalue weighted by molar-refractivity contribution is 0.101. The van der Waals surface area contributed by atoms with Gasteiger partial charge in [-0.25, -0.2) is 4.98 Å². The summed E-state index contributed by atoms with van der Waals surface area (Å²) in [5, 5.41) is 7.49. The lowest BCUT2D eigenvalue weighted by Crippen LogP contribution is -2.17. The number of rotatable bonds is 4. The van der Waals surface area contributed by atoms with E-state index in [1.54, 1.807) is 24.1 Å². The smallest absolute Gasteiger partial charge is 0.275 e. The molecule has 23 heavy (non-hydrogen) atoms. The van der Waals surface area contributed by atoms with Gasteiger partial charge in [-0.3, -0.25) is 9.48 Å². The zero-order valence-electron chi connectivity index (χ0n) is 12.8. The van der Waals surface area contributed by atoms with Gasteiger partial charge in [-0.1, -0.05) is 11.6 Å². The number of carbonyl (C=O) groups is 1. The molecule has 1 aromatic carbocycles. The predicted octanol–water partition coefficient (Wildman–Crippen LogP) is 3.30. The summed E-state index contributed by atoms with van der Waals surface area (Å²) in [7, 11) is 0. The molecule has 0 atom stereocenters. The number of amides is 1. The van der Waals surface area contributed by atoms with Gasteiger partial charge in [0.1, 0.15) is 5.69 Å². The summed E-state index contributed by atoms with van der Waals surface area (Å²) >= 11 is 6.19. The summed E-state index contributed by atoms with van der Waals surface area (Å²) < 4.78 is 3.49. The van der Waals surface area contributed by atoms with E-state index in [0.717, 1.165) is 5.69 Å². The molecule has 0 spiro atoms. The van der Waals surface area contributed by atoms with E-state index >= 15 is 0 Å². The molecule has 0 unspecified atom stereocenters. The quantitative estimate of drug-likeness (QED) is 0.798. The van der Waals surface area contributed by atoms with Crippen molar-refractivity contribution in [3.05, 3.63) is 59.4 Å². The second-order valence-electron chi connectivity index (χ2n) is 5.03. The first-order valence-corrected chi connectivity index (χ1v) is 7.60. The number of imidazole rings is 1. The molecule has 3 aromatic rings. The van der Waals surface area contributed by atoms with E-state index in [-0.39, 0.29) is 5.91 Å². The Kier molecular flexibility index (Phi) is 4.16. The van der Waals surface area contributed by atoms with Crippen LogP contribution in [0.1, 0.15) is 23.1 Å². The molecule has 6 nitrogen and oxygen atoms in total. The van der Waals surface area contributed by atoms with Crippen LogP contribution in [0, 0.1) is 6.92 Å². The summed E-state index contributed by atoms with van der Waals surface area (Å²) in [6.45, 7) is 4.28. The highest BCUT2D eigenvalue weighted by Gasteiger charge is 2.19. The van der Waals surface area contributed by atoms with E-state index in [1.807, 2.05) is 42.0 Å². The molecule has 0 aliphatic rings. The maximum Gasteiger partial charge on any atom is 0.275 e. The molecule has 3 rings (SSSR count). The van der Waals surface area contributed by atoms with Crippen molar-refractivity contribution in [1.29, 1.82) is 0 Å². The minimum absolute atomic E-state index is 0.271. The minimum Gasteiger partial charge on any atom is -0.321 e. The van der Waals surface area contributed by atoms with Gasteiger partial charge in [0.15, 0.2) is 0 Å². The molecule has 118 valence electrons. The van der Waals surface area contributed by atoms with E-state index < -0.39 is 0 Å². The highest BCUT2D eigenvalue weighted by atomic mass is 35.5. The van der Waals surface area contributed by atoms with Crippen molar-refractivity contribution < 1.29 is 4.79 Å². The largest absolute Gasteiger partial charge is 0.321 e. The standard InChI is InChI=1S/C16H16ClN5O/c1-3-22-15(14(17)11(2)20-22)16(23)19-12-4-6-13(7-5-12)21-9-8-18-10-21/h4-10H,3H2,1-2H3,(H,19,23). The van der Waals surface area contributed by atoms with Gasteiger partial charge in [0.25, 0.3) is 5.91 Å². The van der Waals surface area contributed by atoms with Crippen molar-refractivity contribution in [1.82, 2.24) is 19.3 Å². The third kappa shape index (κ3) is 2.98. The zero-order chi connectivity index (χ0) is 16.4. The molecule has 0 aliphatic heterocycles. The van der Waals surface area contributed by atoms with Crippen molar-refractivity contribution in [2.24, 2.45) is 0 Å².